The predicted octanol–water partition coefficient (Wildman–Crippen LogP) is 3.71. The molecule has 2 rings (SSSR count). The molecule has 1 unspecified atom stereocenters. The molecule has 0 bridgehead atoms. The Morgan fingerprint density at radius 3 is 2.56 bits per heavy atom. The van der Waals surface area contributed by atoms with E-state index in [9.17, 15) is 0 Å². The highest BCUT2D eigenvalue weighted by Gasteiger charge is 2.16. The van der Waals surface area contributed by atoms with Crippen LogP contribution in [0.25, 0.3) is 0 Å². The van der Waals surface area contributed by atoms with E-state index in [-0.39, 0.29) is 6.04 Å². The molecule has 1 atom stereocenters. The lowest BCUT2D eigenvalue weighted by atomic mass is 9.95. The summed E-state index contributed by atoms with van der Waals surface area (Å²) in [7, 11) is 0. The average Bonchev–Trinajstić information content (AvgIpc) is 2.68. The van der Waals surface area contributed by atoms with Crippen molar-refractivity contribution in [1.29, 1.82) is 0 Å². The van der Waals surface area contributed by atoms with Crippen LogP contribution >= 0.6 is 15.9 Å². The maximum Gasteiger partial charge on any atom is 0.174 e. The van der Waals surface area contributed by atoms with Crippen molar-refractivity contribution in [2.24, 2.45) is 5.73 Å². The number of nitrogens with two attached hydrogens (primary N) is 1. The molecule has 1 aromatic heterocycles. The van der Waals surface area contributed by atoms with Crippen LogP contribution in [0.15, 0.2) is 39.6 Å². The molecule has 1 heterocycles. The molecule has 84 valence electrons. The molecule has 0 radical (unpaired) electrons. The van der Waals surface area contributed by atoms with Gasteiger partial charge in [0.25, 0.3) is 0 Å². The van der Waals surface area contributed by atoms with Crippen molar-refractivity contribution in [3.05, 3.63) is 57.5 Å². The minimum atomic E-state index is -0.145. The summed E-state index contributed by atoms with van der Waals surface area (Å²) in [5.74, 6) is 0. The molecule has 0 aliphatic heterocycles. The topological polar surface area (TPSA) is 39.2 Å². The largest absolute Gasteiger partial charge is 0.457 e. The molecule has 0 amide bonds. The van der Waals surface area contributed by atoms with E-state index in [1.165, 1.54) is 11.1 Å². The van der Waals surface area contributed by atoms with Gasteiger partial charge in [-0.25, -0.2) is 0 Å². The lowest BCUT2D eigenvalue weighted by molar-refractivity contribution is 0.534. The number of aryl methyl sites for hydroxylation is 1. The van der Waals surface area contributed by atoms with Gasteiger partial charge in [0, 0.05) is 5.56 Å². The molecule has 0 saturated heterocycles. The van der Waals surface area contributed by atoms with Gasteiger partial charge in [0.15, 0.2) is 4.67 Å². The summed E-state index contributed by atoms with van der Waals surface area (Å²) < 4.78 is 5.92. The summed E-state index contributed by atoms with van der Waals surface area (Å²) in [4.78, 5) is 0. The Morgan fingerprint density at radius 2 is 1.94 bits per heavy atom. The highest BCUT2D eigenvalue weighted by Crippen LogP contribution is 2.30. The summed E-state index contributed by atoms with van der Waals surface area (Å²) in [6, 6.07) is 7.94. The molecule has 3 heteroatoms. The molecule has 2 N–H and O–H groups in total. The lowest BCUT2D eigenvalue weighted by Crippen LogP contribution is -2.13. The van der Waals surface area contributed by atoms with E-state index in [4.69, 9.17) is 10.2 Å². The van der Waals surface area contributed by atoms with Crippen molar-refractivity contribution < 1.29 is 4.42 Å². The Kier molecular flexibility index (Phi) is 3.17. The Morgan fingerprint density at radius 1 is 1.19 bits per heavy atom. The molecule has 2 nitrogen and oxygen atoms in total. The van der Waals surface area contributed by atoms with Crippen molar-refractivity contribution in [2.75, 3.05) is 0 Å². The van der Waals surface area contributed by atoms with Gasteiger partial charge in [-0.2, -0.15) is 0 Å². The van der Waals surface area contributed by atoms with Crippen LogP contribution < -0.4 is 5.73 Å². The van der Waals surface area contributed by atoms with E-state index < -0.39 is 0 Å². The van der Waals surface area contributed by atoms with E-state index >= 15 is 0 Å². The zero-order valence-electron chi connectivity index (χ0n) is 9.33. The number of furan rings is 1. The number of benzene rings is 1. The minimum Gasteiger partial charge on any atom is -0.457 e. The SMILES string of the molecule is Cc1cccc(C(N)c2ccoc2Br)c1C. The van der Waals surface area contributed by atoms with Crippen LogP contribution in [0, 0.1) is 13.8 Å². The predicted molar refractivity (Wildman–Crippen MR) is 68.4 cm³/mol. The number of hydrogen-bond donors (Lipinski definition) is 1. The molecular weight excluding hydrogens is 266 g/mol. The zero-order chi connectivity index (χ0) is 11.7. The highest BCUT2D eigenvalue weighted by molar-refractivity contribution is 9.10. The molecule has 0 saturated carbocycles. The number of rotatable bonds is 2. The third kappa shape index (κ3) is 1.93. The van der Waals surface area contributed by atoms with Crippen molar-refractivity contribution in [3.63, 3.8) is 0 Å². The van der Waals surface area contributed by atoms with Gasteiger partial charge >= 0.3 is 0 Å². The van der Waals surface area contributed by atoms with Gasteiger partial charge in [0.05, 0.1) is 12.3 Å². The van der Waals surface area contributed by atoms with Gasteiger partial charge in [-0.1, -0.05) is 18.2 Å². The van der Waals surface area contributed by atoms with Crippen LogP contribution in [-0.4, -0.2) is 0 Å². The maximum atomic E-state index is 6.24. The molecule has 16 heavy (non-hydrogen) atoms. The van der Waals surface area contributed by atoms with Crippen molar-refractivity contribution in [1.82, 2.24) is 0 Å². The van der Waals surface area contributed by atoms with Gasteiger partial charge in [-0.05, 0) is 52.5 Å². The van der Waals surface area contributed by atoms with E-state index in [0.717, 1.165) is 11.1 Å². The summed E-state index contributed by atoms with van der Waals surface area (Å²) in [5.41, 5.74) is 10.9. The average molecular weight is 280 g/mol. The fraction of sp³-hybridized carbons (Fsp3) is 0.231. The second kappa shape index (κ2) is 4.44. The molecule has 0 aliphatic rings. The smallest absolute Gasteiger partial charge is 0.174 e. The summed E-state index contributed by atoms with van der Waals surface area (Å²) >= 11 is 3.36. The summed E-state index contributed by atoms with van der Waals surface area (Å²) in [6.45, 7) is 4.19. The quantitative estimate of drug-likeness (QED) is 0.910. The van der Waals surface area contributed by atoms with E-state index in [1.54, 1.807) is 6.26 Å². The highest BCUT2D eigenvalue weighted by atomic mass is 79.9. The minimum absolute atomic E-state index is 0.145. The summed E-state index contributed by atoms with van der Waals surface area (Å²) in [6.07, 6.45) is 1.64. The Balaban J connectivity index is 2.46. The van der Waals surface area contributed by atoms with Crippen LogP contribution in [0.4, 0.5) is 0 Å². The molecular formula is C13H14BrNO. The van der Waals surface area contributed by atoms with E-state index in [0.29, 0.717) is 4.67 Å². The number of halogens is 1. The van der Waals surface area contributed by atoms with Crippen LogP contribution in [0.2, 0.25) is 0 Å². The van der Waals surface area contributed by atoms with Gasteiger partial charge in [0.1, 0.15) is 0 Å². The van der Waals surface area contributed by atoms with Crippen molar-refractivity contribution in [2.45, 2.75) is 19.9 Å². The first kappa shape index (κ1) is 11.4. The van der Waals surface area contributed by atoms with Gasteiger partial charge in [-0.15, -0.1) is 0 Å². The fourth-order valence-electron chi connectivity index (χ4n) is 1.80. The van der Waals surface area contributed by atoms with Crippen LogP contribution in [0.3, 0.4) is 0 Å². The van der Waals surface area contributed by atoms with Crippen LogP contribution in [0.1, 0.15) is 28.3 Å². The van der Waals surface area contributed by atoms with E-state index in [2.05, 4.69) is 41.9 Å². The van der Waals surface area contributed by atoms with Gasteiger partial charge < -0.3 is 10.2 Å². The second-order valence-corrected chi connectivity index (χ2v) is 4.64. The fourth-order valence-corrected chi connectivity index (χ4v) is 2.29. The maximum absolute atomic E-state index is 6.24. The molecule has 2 aromatic rings. The molecule has 0 spiro atoms. The first-order valence-corrected chi connectivity index (χ1v) is 5.95. The zero-order valence-corrected chi connectivity index (χ0v) is 10.9. The standard InChI is InChI=1S/C13H14BrNO/c1-8-4-3-5-10(9(8)2)12(15)11-6-7-16-13(11)14/h3-7,12H,15H2,1-2H3. The first-order valence-electron chi connectivity index (χ1n) is 5.16. The Hall–Kier alpha value is -1.06. The molecule has 0 aliphatic carbocycles. The van der Waals surface area contributed by atoms with Crippen LogP contribution in [0.5, 0.6) is 0 Å². The van der Waals surface area contributed by atoms with Crippen molar-refractivity contribution in [3.8, 4) is 0 Å². The number of hydrogen-bond acceptors (Lipinski definition) is 2. The van der Waals surface area contributed by atoms with Gasteiger partial charge in [0.2, 0.25) is 0 Å². The summed E-state index contributed by atoms with van der Waals surface area (Å²) in [5, 5.41) is 0. The van der Waals surface area contributed by atoms with Gasteiger partial charge in [-0.3, -0.25) is 0 Å². The second-order valence-electron chi connectivity index (χ2n) is 3.92. The van der Waals surface area contributed by atoms with E-state index in [1.807, 2.05) is 12.1 Å². The third-order valence-corrected chi connectivity index (χ3v) is 3.61. The third-order valence-electron chi connectivity index (χ3n) is 2.96. The van der Waals surface area contributed by atoms with Crippen LogP contribution in [-0.2, 0) is 0 Å². The Bertz CT molecular complexity index is 504. The van der Waals surface area contributed by atoms with Crippen molar-refractivity contribution >= 4 is 15.9 Å². The Labute approximate surface area is 104 Å². The lowest BCUT2D eigenvalue weighted by Gasteiger charge is -2.15. The first-order chi connectivity index (χ1) is 7.61. The molecule has 0 fully saturated rings. The monoisotopic (exact) mass is 279 g/mol. The normalized spacial score (nSPS) is 12.8. The molecule has 1 aromatic carbocycles.